The molecule has 0 aliphatic heterocycles. The molecule has 0 bridgehead atoms. The zero-order chi connectivity index (χ0) is 14.0. The van der Waals surface area contributed by atoms with E-state index in [9.17, 15) is 4.79 Å². The molecule has 19 heavy (non-hydrogen) atoms. The third-order valence-corrected chi connectivity index (χ3v) is 3.27. The van der Waals surface area contributed by atoms with E-state index < -0.39 is 0 Å². The van der Waals surface area contributed by atoms with E-state index in [2.05, 4.69) is 0 Å². The number of fused-ring (bicyclic) bond motifs is 1. The van der Waals surface area contributed by atoms with Crippen molar-refractivity contribution in [3.63, 3.8) is 0 Å². The van der Waals surface area contributed by atoms with Crippen LogP contribution >= 0.6 is 0 Å². The van der Waals surface area contributed by atoms with Crippen LogP contribution in [0.4, 0.5) is 0 Å². The highest BCUT2D eigenvalue weighted by atomic mass is 16.5. The maximum atomic E-state index is 11.0. The number of allylic oxidation sites excluding steroid dienone is 1. The Kier molecular flexibility index (Phi) is 3.55. The molecule has 100 valence electrons. The lowest BCUT2D eigenvalue weighted by atomic mass is 9.82. The van der Waals surface area contributed by atoms with E-state index in [1.54, 1.807) is 26.4 Å². The summed E-state index contributed by atoms with van der Waals surface area (Å²) in [4.78, 5) is 11.0. The normalized spacial score (nSPS) is 17.2. The van der Waals surface area contributed by atoms with Gasteiger partial charge in [0.05, 0.1) is 20.1 Å². The van der Waals surface area contributed by atoms with Crippen molar-refractivity contribution >= 4 is 18.2 Å². The smallest absolute Gasteiger partial charge is 0.161 e. The van der Waals surface area contributed by atoms with Gasteiger partial charge in [-0.15, -0.1) is 0 Å². The van der Waals surface area contributed by atoms with Crippen molar-refractivity contribution in [2.75, 3.05) is 14.2 Å². The number of carbonyl (C=O) groups excluding carboxylic acids is 1. The van der Waals surface area contributed by atoms with Gasteiger partial charge in [0, 0.05) is 5.92 Å². The molecule has 0 amide bonds. The van der Waals surface area contributed by atoms with Gasteiger partial charge in [-0.3, -0.25) is 10.2 Å². The molecule has 0 saturated carbocycles. The van der Waals surface area contributed by atoms with Crippen LogP contribution in [0.1, 0.15) is 23.5 Å². The number of amidine groups is 1. The molecule has 0 spiro atoms. The summed E-state index contributed by atoms with van der Waals surface area (Å²) in [7, 11) is 3.11. The van der Waals surface area contributed by atoms with Crippen LogP contribution in [0, 0.1) is 5.41 Å². The van der Waals surface area contributed by atoms with Crippen LogP contribution in [0.15, 0.2) is 17.7 Å². The number of nitrogens with one attached hydrogen (secondary N) is 1. The van der Waals surface area contributed by atoms with Crippen LogP contribution in [-0.4, -0.2) is 26.3 Å². The van der Waals surface area contributed by atoms with E-state index in [0.717, 1.165) is 17.4 Å². The minimum absolute atomic E-state index is 0.0425. The Morgan fingerprint density at radius 3 is 2.53 bits per heavy atom. The molecule has 5 heteroatoms. The molecule has 0 fully saturated rings. The predicted molar refractivity (Wildman–Crippen MR) is 72.9 cm³/mol. The van der Waals surface area contributed by atoms with Crippen LogP contribution < -0.4 is 15.2 Å². The zero-order valence-electron chi connectivity index (χ0n) is 10.9. The summed E-state index contributed by atoms with van der Waals surface area (Å²) in [5.74, 6) is 0.934. The molecule has 0 saturated heterocycles. The summed E-state index contributed by atoms with van der Waals surface area (Å²) in [5, 5.41) is 7.67. The van der Waals surface area contributed by atoms with Gasteiger partial charge in [-0.1, -0.05) is 0 Å². The van der Waals surface area contributed by atoms with Gasteiger partial charge < -0.3 is 15.2 Å². The van der Waals surface area contributed by atoms with E-state index in [1.165, 1.54) is 0 Å². The van der Waals surface area contributed by atoms with Gasteiger partial charge in [0.1, 0.15) is 6.29 Å². The van der Waals surface area contributed by atoms with Gasteiger partial charge in [0.15, 0.2) is 11.5 Å². The zero-order valence-corrected chi connectivity index (χ0v) is 10.9. The quantitative estimate of drug-likeness (QED) is 0.490. The standard InChI is InChI=1S/C14H16N2O3/c1-18-12-5-9-3-8(7-17)4-11(14(15)16)10(9)6-13(12)19-2/h3,5-7,11H,4H2,1-2H3,(H3,15,16). The Balaban J connectivity index is 2.62. The lowest BCUT2D eigenvalue weighted by molar-refractivity contribution is -0.105. The van der Waals surface area contributed by atoms with Crippen molar-refractivity contribution in [3.05, 3.63) is 28.8 Å². The average Bonchev–Trinajstić information content (AvgIpc) is 2.44. The van der Waals surface area contributed by atoms with Gasteiger partial charge in [0.2, 0.25) is 0 Å². The lowest BCUT2D eigenvalue weighted by Gasteiger charge is -2.24. The Labute approximate surface area is 111 Å². The first kappa shape index (κ1) is 13.1. The minimum atomic E-state index is -0.292. The summed E-state index contributed by atoms with van der Waals surface area (Å²) >= 11 is 0. The molecule has 5 nitrogen and oxygen atoms in total. The lowest BCUT2D eigenvalue weighted by Crippen LogP contribution is -2.24. The van der Waals surface area contributed by atoms with E-state index in [0.29, 0.717) is 23.5 Å². The third-order valence-electron chi connectivity index (χ3n) is 3.27. The summed E-state index contributed by atoms with van der Waals surface area (Å²) < 4.78 is 10.5. The van der Waals surface area contributed by atoms with Gasteiger partial charge in [-0.2, -0.15) is 0 Å². The molecule has 0 aromatic heterocycles. The number of rotatable bonds is 4. The van der Waals surface area contributed by atoms with Crippen LogP contribution in [0.3, 0.4) is 0 Å². The number of ether oxygens (including phenoxy) is 2. The fourth-order valence-corrected chi connectivity index (χ4v) is 2.30. The van der Waals surface area contributed by atoms with Crippen LogP contribution in [0.25, 0.3) is 6.08 Å². The highest BCUT2D eigenvalue weighted by Crippen LogP contribution is 2.39. The molecule has 0 radical (unpaired) electrons. The Morgan fingerprint density at radius 2 is 2.00 bits per heavy atom. The fraction of sp³-hybridized carbons (Fsp3) is 0.286. The van der Waals surface area contributed by atoms with Crippen molar-refractivity contribution < 1.29 is 14.3 Å². The predicted octanol–water partition coefficient (Wildman–Crippen LogP) is 1.71. The molecule has 1 aromatic rings. The van der Waals surface area contributed by atoms with Crippen LogP contribution in [-0.2, 0) is 4.79 Å². The topological polar surface area (TPSA) is 85.4 Å². The molecule has 2 rings (SSSR count). The van der Waals surface area contributed by atoms with Crippen molar-refractivity contribution in [1.29, 1.82) is 5.41 Å². The highest BCUT2D eigenvalue weighted by molar-refractivity contribution is 5.93. The number of carbonyl (C=O) groups is 1. The second-order valence-corrected chi connectivity index (χ2v) is 4.39. The molecule has 1 aliphatic carbocycles. The highest BCUT2D eigenvalue weighted by Gasteiger charge is 2.25. The second kappa shape index (κ2) is 5.14. The monoisotopic (exact) mass is 260 g/mol. The number of hydrogen-bond acceptors (Lipinski definition) is 4. The molecule has 1 aromatic carbocycles. The second-order valence-electron chi connectivity index (χ2n) is 4.39. The Bertz CT molecular complexity index is 564. The largest absolute Gasteiger partial charge is 0.493 e. The Morgan fingerprint density at radius 1 is 1.37 bits per heavy atom. The van der Waals surface area contributed by atoms with Gasteiger partial charge in [-0.25, -0.2) is 0 Å². The molecule has 3 N–H and O–H groups in total. The first-order valence-electron chi connectivity index (χ1n) is 5.86. The van der Waals surface area contributed by atoms with E-state index in [4.69, 9.17) is 20.6 Å². The van der Waals surface area contributed by atoms with E-state index in [-0.39, 0.29) is 11.8 Å². The first-order valence-corrected chi connectivity index (χ1v) is 5.86. The maximum Gasteiger partial charge on any atom is 0.161 e. The number of nitrogens with two attached hydrogens (primary N) is 1. The minimum Gasteiger partial charge on any atom is -0.493 e. The van der Waals surface area contributed by atoms with Crippen LogP contribution in [0.2, 0.25) is 0 Å². The fourth-order valence-electron chi connectivity index (χ4n) is 2.30. The summed E-state index contributed by atoms with van der Waals surface area (Å²) in [6.45, 7) is 0. The van der Waals surface area contributed by atoms with Gasteiger partial charge in [0.25, 0.3) is 0 Å². The summed E-state index contributed by atoms with van der Waals surface area (Å²) in [5.41, 5.74) is 7.98. The third kappa shape index (κ3) is 2.31. The summed E-state index contributed by atoms with van der Waals surface area (Å²) in [6.07, 6.45) is 3.04. The number of methoxy groups -OCH3 is 2. The maximum absolute atomic E-state index is 11.0. The summed E-state index contributed by atoms with van der Waals surface area (Å²) in [6, 6.07) is 3.62. The molecule has 0 heterocycles. The van der Waals surface area contributed by atoms with E-state index in [1.807, 2.05) is 6.07 Å². The van der Waals surface area contributed by atoms with Crippen molar-refractivity contribution in [3.8, 4) is 11.5 Å². The van der Waals surface area contributed by atoms with Gasteiger partial charge in [-0.05, 0) is 41.3 Å². The number of hydrogen-bond donors (Lipinski definition) is 2. The molecule has 1 aliphatic rings. The number of aldehydes is 1. The average molecular weight is 260 g/mol. The SMILES string of the molecule is COc1cc2c(cc1OC)C(C(=N)N)CC(C=O)=C2. The Hall–Kier alpha value is -2.30. The first-order chi connectivity index (χ1) is 9.10. The van der Waals surface area contributed by atoms with E-state index >= 15 is 0 Å². The molecule has 1 atom stereocenters. The molecular weight excluding hydrogens is 244 g/mol. The van der Waals surface area contributed by atoms with Crippen molar-refractivity contribution in [2.24, 2.45) is 5.73 Å². The molecular formula is C14H16N2O3. The molecule has 1 unspecified atom stereocenters. The van der Waals surface area contributed by atoms with Gasteiger partial charge >= 0.3 is 0 Å². The van der Waals surface area contributed by atoms with Crippen molar-refractivity contribution in [2.45, 2.75) is 12.3 Å². The van der Waals surface area contributed by atoms with Crippen molar-refractivity contribution in [1.82, 2.24) is 0 Å². The number of benzene rings is 1. The van der Waals surface area contributed by atoms with Crippen LogP contribution in [0.5, 0.6) is 11.5 Å².